The predicted molar refractivity (Wildman–Crippen MR) is 72.6 cm³/mol. The molecule has 0 aromatic carbocycles. The van der Waals surface area contributed by atoms with Crippen LogP contribution in [-0.4, -0.2) is 42.3 Å². The van der Waals surface area contributed by atoms with Gasteiger partial charge in [-0.3, -0.25) is 10.1 Å². The number of nitrogens with zero attached hydrogens (tertiary/aromatic N) is 4. The van der Waals surface area contributed by atoms with Crippen molar-refractivity contribution in [2.75, 3.05) is 36.5 Å². The summed E-state index contributed by atoms with van der Waals surface area (Å²) in [6, 6.07) is 5.02. The van der Waals surface area contributed by atoms with Crippen LogP contribution in [0.3, 0.4) is 0 Å². The highest BCUT2D eigenvalue weighted by molar-refractivity contribution is 5.62. The number of nitriles is 1. The molecule has 1 atom stereocenters. The lowest BCUT2D eigenvalue weighted by atomic mass is 10.2. The standard InChI is InChI=1S/C12H15N5O3/c1-2-14-11-4-3-10(17(18)19)12(15-11)16-5-6-20-9(7-13)8-16/h3-4,9H,2,5-6,8H2,1H3,(H,14,15). The van der Waals surface area contributed by atoms with Crippen molar-refractivity contribution < 1.29 is 9.66 Å². The Labute approximate surface area is 116 Å². The van der Waals surface area contributed by atoms with Crippen molar-refractivity contribution in [3.05, 3.63) is 22.2 Å². The summed E-state index contributed by atoms with van der Waals surface area (Å²) in [6.45, 7) is 3.70. The molecule has 1 aliphatic rings. The number of morpholine rings is 1. The number of nitrogens with one attached hydrogen (secondary N) is 1. The summed E-state index contributed by atoms with van der Waals surface area (Å²) in [5.41, 5.74) is -0.0646. The normalized spacial score (nSPS) is 18.4. The molecule has 1 aromatic rings. The fourth-order valence-electron chi connectivity index (χ4n) is 2.02. The second-order valence-electron chi connectivity index (χ2n) is 4.26. The molecule has 0 aliphatic carbocycles. The van der Waals surface area contributed by atoms with Crippen LogP contribution in [-0.2, 0) is 4.74 Å². The van der Waals surface area contributed by atoms with E-state index in [9.17, 15) is 10.1 Å². The van der Waals surface area contributed by atoms with Crippen LogP contribution < -0.4 is 10.2 Å². The van der Waals surface area contributed by atoms with Crippen LogP contribution in [0.2, 0.25) is 0 Å². The van der Waals surface area contributed by atoms with E-state index in [0.717, 1.165) is 0 Å². The van der Waals surface area contributed by atoms with Crippen LogP contribution in [0.1, 0.15) is 6.92 Å². The maximum Gasteiger partial charge on any atom is 0.311 e. The van der Waals surface area contributed by atoms with Gasteiger partial charge < -0.3 is 15.0 Å². The molecular weight excluding hydrogens is 262 g/mol. The first kappa shape index (κ1) is 14.0. The zero-order chi connectivity index (χ0) is 14.5. The molecule has 2 heterocycles. The lowest BCUT2D eigenvalue weighted by Gasteiger charge is -2.30. The van der Waals surface area contributed by atoms with Gasteiger partial charge in [0.15, 0.2) is 6.10 Å². The number of nitro groups is 1. The third-order valence-corrected chi connectivity index (χ3v) is 2.92. The Balaban J connectivity index is 2.34. The van der Waals surface area contributed by atoms with Gasteiger partial charge in [0.2, 0.25) is 5.82 Å². The molecule has 0 radical (unpaired) electrons. The Morgan fingerprint density at radius 1 is 1.70 bits per heavy atom. The van der Waals surface area contributed by atoms with Crippen molar-refractivity contribution in [3.63, 3.8) is 0 Å². The molecule has 1 fully saturated rings. The number of rotatable bonds is 4. The number of ether oxygens (including phenoxy) is 1. The molecule has 0 saturated carbocycles. The second-order valence-corrected chi connectivity index (χ2v) is 4.26. The van der Waals surface area contributed by atoms with E-state index >= 15 is 0 Å². The zero-order valence-corrected chi connectivity index (χ0v) is 11.1. The van der Waals surface area contributed by atoms with Gasteiger partial charge in [-0.25, -0.2) is 4.98 Å². The smallest absolute Gasteiger partial charge is 0.311 e. The molecule has 1 N–H and O–H groups in total. The molecule has 1 aliphatic heterocycles. The van der Waals surface area contributed by atoms with E-state index in [-0.39, 0.29) is 18.1 Å². The highest BCUT2D eigenvalue weighted by Crippen LogP contribution is 2.28. The van der Waals surface area contributed by atoms with Crippen LogP contribution in [0, 0.1) is 21.4 Å². The molecule has 0 spiro atoms. The summed E-state index contributed by atoms with van der Waals surface area (Å²) in [4.78, 5) is 16.6. The SMILES string of the molecule is CCNc1ccc([N+](=O)[O-])c(N2CCOC(C#N)C2)n1. The van der Waals surface area contributed by atoms with E-state index in [1.165, 1.54) is 6.07 Å². The molecule has 1 aromatic heterocycles. The van der Waals surface area contributed by atoms with E-state index in [4.69, 9.17) is 10.00 Å². The van der Waals surface area contributed by atoms with Gasteiger partial charge in [-0.2, -0.15) is 5.26 Å². The van der Waals surface area contributed by atoms with Gasteiger partial charge in [-0.05, 0) is 13.0 Å². The summed E-state index contributed by atoms with van der Waals surface area (Å²) in [7, 11) is 0. The molecule has 8 nitrogen and oxygen atoms in total. The van der Waals surface area contributed by atoms with Gasteiger partial charge >= 0.3 is 5.69 Å². The van der Waals surface area contributed by atoms with Crippen LogP contribution in [0.15, 0.2) is 12.1 Å². The Morgan fingerprint density at radius 2 is 2.50 bits per heavy atom. The minimum absolute atomic E-state index is 0.0646. The highest BCUT2D eigenvalue weighted by Gasteiger charge is 2.27. The maximum atomic E-state index is 11.1. The van der Waals surface area contributed by atoms with Crippen LogP contribution in [0.4, 0.5) is 17.3 Å². The molecule has 2 rings (SSSR count). The Kier molecular flexibility index (Phi) is 4.32. The Bertz CT molecular complexity index is 542. The number of aromatic nitrogens is 1. The lowest BCUT2D eigenvalue weighted by molar-refractivity contribution is -0.384. The molecule has 8 heteroatoms. The van der Waals surface area contributed by atoms with Gasteiger partial charge in [0.05, 0.1) is 24.1 Å². The van der Waals surface area contributed by atoms with Gasteiger partial charge in [0, 0.05) is 19.2 Å². The third kappa shape index (κ3) is 2.95. The van der Waals surface area contributed by atoms with Crippen molar-refractivity contribution in [1.82, 2.24) is 4.98 Å². The summed E-state index contributed by atoms with van der Waals surface area (Å²) < 4.78 is 5.24. The second kappa shape index (κ2) is 6.16. The number of hydrogen-bond acceptors (Lipinski definition) is 7. The zero-order valence-electron chi connectivity index (χ0n) is 11.1. The number of pyridine rings is 1. The minimum atomic E-state index is -0.590. The van der Waals surface area contributed by atoms with Gasteiger partial charge in [0.1, 0.15) is 5.82 Å². The van der Waals surface area contributed by atoms with Crippen molar-refractivity contribution in [2.45, 2.75) is 13.0 Å². The number of anilines is 2. The number of hydrogen-bond donors (Lipinski definition) is 1. The largest absolute Gasteiger partial charge is 0.370 e. The molecule has 106 valence electrons. The topological polar surface area (TPSA) is 104 Å². The quantitative estimate of drug-likeness (QED) is 0.650. The summed E-state index contributed by atoms with van der Waals surface area (Å²) in [5, 5.41) is 23.0. The average Bonchev–Trinajstić information content (AvgIpc) is 2.47. The predicted octanol–water partition coefficient (Wildman–Crippen LogP) is 1.15. The van der Waals surface area contributed by atoms with Gasteiger partial charge in [-0.1, -0.05) is 0 Å². The third-order valence-electron chi connectivity index (χ3n) is 2.92. The highest BCUT2D eigenvalue weighted by atomic mass is 16.6. The van der Waals surface area contributed by atoms with Crippen molar-refractivity contribution in [2.24, 2.45) is 0 Å². The Morgan fingerprint density at radius 3 is 3.15 bits per heavy atom. The first-order chi connectivity index (χ1) is 9.65. The minimum Gasteiger partial charge on any atom is -0.370 e. The summed E-state index contributed by atoms with van der Waals surface area (Å²) in [6.07, 6.45) is -0.590. The lowest BCUT2D eigenvalue weighted by Crippen LogP contribution is -2.42. The summed E-state index contributed by atoms with van der Waals surface area (Å²) >= 11 is 0. The molecule has 0 bridgehead atoms. The maximum absolute atomic E-state index is 11.1. The fraction of sp³-hybridized carbons (Fsp3) is 0.500. The van der Waals surface area contributed by atoms with Crippen molar-refractivity contribution in [3.8, 4) is 6.07 Å². The molecule has 1 saturated heterocycles. The van der Waals surface area contributed by atoms with Crippen molar-refractivity contribution >= 4 is 17.3 Å². The van der Waals surface area contributed by atoms with Crippen LogP contribution in [0.5, 0.6) is 0 Å². The fourth-order valence-corrected chi connectivity index (χ4v) is 2.02. The first-order valence-corrected chi connectivity index (χ1v) is 6.31. The average molecular weight is 277 g/mol. The van der Waals surface area contributed by atoms with Crippen LogP contribution >= 0.6 is 0 Å². The Hall–Kier alpha value is -2.40. The van der Waals surface area contributed by atoms with E-state index in [1.807, 2.05) is 13.0 Å². The van der Waals surface area contributed by atoms with Gasteiger partial charge in [-0.15, -0.1) is 0 Å². The van der Waals surface area contributed by atoms with E-state index in [2.05, 4.69) is 10.3 Å². The van der Waals surface area contributed by atoms with E-state index in [0.29, 0.717) is 25.5 Å². The summed E-state index contributed by atoms with van der Waals surface area (Å²) in [5.74, 6) is 0.852. The van der Waals surface area contributed by atoms with E-state index < -0.39 is 11.0 Å². The van der Waals surface area contributed by atoms with Crippen LogP contribution in [0.25, 0.3) is 0 Å². The van der Waals surface area contributed by atoms with Gasteiger partial charge in [0.25, 0.3) is 0 Å². The molecule has 20 heavy (non-hydrogen) atoms. The molecule has 0 amide bonds. The van der Waals surface area contributed by atoms with E-state index in [1.54, 1.807) is 11.0 Å². The van der Waals surface area contributed by atoms with Crippen molar-refractivity contribution in [1.29, 1.82) is 5.26 Å². The monoisotopic (exact) mass is 277 g/mol. The molecular formula is C12H15N5O3. The first-order valence-electron chi connectivity index (χ1n) is 6.31. The molecule has 1 unspecified atom stereocenters.